The van der Waals surface area contributed by atoms with E-state index in [1.165, 1.54) is 0 Å². The van der Waals surface area contributed by atoms with Gasteiger partial charge in [-0.15, -0.1) is 0 Å². The lowest BCUT2D eigenvalue weighted by Gasteiger charge is -2.36. The highest BCUT2D eigenvalue weighted by Crippen LogP contribution is 2.19. The van der Waals surface area contributed by atoms with Gasteiger partial charge in [0.05, 0.1) is 11.7 Å². The largest absolute Gasteiger partial charge is 0.366 e. The van der Waals surface area contributed by atoms with Crippen LogP contribution in [0.25, 0.3) is 0 Å². The Kier molecular flexibility index (Phi) is 2.66. The third kappa shape index (κ3) is 2.10. The summed E-state index contributed by atoms with van der Waals surface area (Å²) in [5.74, 6) is 1.45. The van der Waals surface area contributed by atoms with E-state index in [0.29, 0.717) is 5.15 Å². The lowest BCUT2D eigenvalue weighted by Crippen LogP contribution is -2.46. The number of hydrogen-bond acceptors (Lipinski definition) is 5. The Morgan fingerprint density at radius 2 is 2.38 bits per heavy atom. The summed E-state index contributed by atoms with van der Waals surface area (Å²) < 4.78 is 7.92. The molecular formula is C7H11ClN4S. The summed E-state index contributed by atoms with van der Waals surface area (Å²) in [5.41, 5.74) is 0. The van der Waals surface area contributed by atoms with E-state index in [-0.39, 0.29) is 0 Å². The van der Waals surface area contributed by atoms with Crippen LogP contribution in [-0.2, 0) is 0 Å². The Hall–Kier alpha value is -0.390. The molecule has 6 heteroatoms. The number of rotatable bonds is 3. The first-order valence-corrected chi connectivity index (χ1v) is 5.27. The van der Waals surface area contributed by atoms with Crippen molar-refractivity contribution in [3.63, 3.8) is 0 Å². The molecule has 0 atom stereocenters. The topological polar surface area (TPSA) is 41.0 Å². The van der Waals surface area contributed by atoms with Gasteiger partial charge in [0, 0.05) is 25.6 Å². The third-order valence-corrected chi connectivity index (χ3v) is 3.04. The second-order valence-corrected chi connectivity index (χ2v) is 4.26. The molecule has 1 fully saturated rings. The quantitative estimate of drug-likeness (QED) is 0.827. The molecule has 2 heterocycles. The third-order valence-electron chi connectivity index (χ3n) is 2.15. The molecule has 0 amide bonds. The van der Waals surface area contributed by atoms with Crippen LogP contribution < -0.4 is 5.32 Å². The first-order chi connectivity index (χ1) is 6.25. The summed E-state index contributed by atoms with van der Waals surface area (Å²) in [6.45, 7) is 3.25. The van der Waals surface area contributed by atoms with Gasteiger partial charge in [0.25, 0.3) is 0 Å². The van der Waals surface area contributed by atoms with Crippen molar-refractivity contribution >= 4 is 29.1 Å². The van der Waals surface area contributed by atoms with Crippen LogP contribution in [0.5, 0.6) is 0 Å². The van der Waals surface area contributed by atoms with Crippen LogP contribution in [0.1, 0.15) is 0 Å². The average Bonchev–Trinajstić information content (AvgIpc) is 2.43. The predicted octanol–water partition coefficient (Wildman–Crippen LogP) is 1.17. The maximum Gasteiger partial charge on any atom is 0.186 e. The first kappa shape index (κ1) is 9.18. The molecule has 0 aliphatic carbocycles. The average molecular weight is 219 g/mol. The highest BCUT2D eigenvalue weighted by molar-refractivity contribution is 6.99. The van der Waals surface area contributed by atoms with Gasteiger partial charge in [-0.2, -0.15) is 8.75 Å². The lowest BCUT2D eigenvalue weighted by molar-refractivity contribution is 0.144. The molecule has 0 radical (unpaired) electrons. The van der Waals surface area contributed by atoms with Crippen molar-refractivity contribution in [1.29, 1.82) is 0 Å². The van der Waals surface area contributed by atoms with Crippen LogP contribution in [0.4, 0.5) is 5.82 Å². The molecular weight excluding hydrogens is 208 g/mol. The van der Waals surface area contributed by atoms with Gasteiger partial charge in [-0.05, 0) is 7.05 Å². The summed E-state index contributed by atoms with van der Waals surface area (Å²) >= 11 is 6.92. The Morgan fingerprint density at radius 3 is 2.92 bits per heavy atom. The molecule has 1 N–H and O–H groups in total. The van der Waals surface area contributed by atoms with E-state index >= 15 is 0 Å². The highest BCUT2D eigenvalue weighted by Gasteiger charge is 2.23. The van der Waals surface area contributed by atoms with Gasteiger partial charge in [0.2, 0.25) is 0 Å². The molecule has 72 valence electrons. The molecule has 0 unspecified atom stereocenters. The van der Waals surface area contributed by atoms with Crippen LogP contribution >= 0.6 is 23.3 Å². The molecule has 4 nitrogen and oxygen atoms in total. The van der Waals surface area contributed by atoms with E-state index in [0.717, 1.165) is 43.1 Å². The maximum atomic E-state index is 5.78. The molecule has 2 rings (SSSR count). The predicted molar refractivity (Wildman–Crippen MR) is 54.4 cm³/mol. The zero-order chi connectivity index (χ0) is 9.26. The van der Waals surface area contributed by atoms with E-state index in [2.05, 4.69) is 26.0 Å². The highest BCUT2D eigenvalue weighted by atomic mass is 35.5. The number of anilines is 1. The van der Waals surface area contributed by atoms with Gasteiger partial charge < -0.3 is 10.2 Å². The smallest absolute Gasteiger partial charge is 0.186 e. The minimum absolute atomic E-state index is 0.484. The second-order valence-electron chi connectivity index (χ2n) is 3.37. The summed E-state index contributed by atoms with van der Waals surface area (Å²) in [5, 5.41) is 3.68. The SMILES string of the molecule is CN1CC(CNc2nsnc2Cl)C1. The van der Waals surface area contributed by atoms with Gasteiger partial charge in [0.15, 0.2) is 11.0 Å². The van der Waals surface area contributed by atoms with Crippen molar-refractivity contribution in [2.24, 2.45) is 5.92 Å². The fraction of sp³-hybridized carbons (Fsp3) is 0.714. The van der Waals surface area contributed by atoms with Crippen molar-refractivity contribution in [3.8, 4) is 0 Å². The van der Waals surface area contributed by atoms with E-state index in [9.17, 15) is 0 Å². The fourth-order valence-corrected chi connectivity index (χ4v) is 2.16. The minimum Gasteiger partial charge on any atom is -0.366 e. The molecule has 1 saturated heterocycles. The molecule has 0 aromatic carbocycles. The van der Waals surface area contributed by atoms with Crippen LogP contribution in [0.3, 0.4) is 0 Å². The molecule has 0 bridgehead atoms. The van der Waals surface area contributed by atoms with Gasteiger partial charge in [-0.1, -0.05) is 11.6 Å². The molecule has 1 aromatic heterocycles. The normalized spacial score (nSPS) is 18.6. The number of nitrogens with one attached hydrogen (secondary N) is 1. The zero-order valence-electron chi connectivity index (χ0n) is 7.33. The fourth-order valence-electron chi connectivity index (χ4n) is 1.48. The monoisotopic (exact) mass is 218 g/mol. The first-order valence-electron chi connectivity index (χ1n) is 4.16. The van der Waals surface area contributed by atoms with Crippen molar-refractivity contribution in [3.05, 3.63) is 5.15 Å². The molecule has 1 aliphatic heterocycles. The molecule has 0 saturated carbocycles. The van der Waals surface area contributed by atoms with E-state index < -0.39 is 0 Å². The van der Waals surface area contributed by atoms with Gasteiger partial charge >= 0.3 is 0 Å². The van der Waals surface area contributed by atoms with Gasteiger partial charge in [-0.25, -0.2) is 0 Å². The van der Waals surface area contributed by atoms with E-state index in [4.69, 9.17) is 11.6 Å². The molecule has 1 aromatic rings. The number of halogens is 1. The Bertz CT molecular complexity index is 284. The molecule has 13 heavy (non-hydrogen) atoms. The van der Waals surface area contributed by atoms with Crippen LogP contribution in [0.2, 0.25) is 5.15 Å². The zero-order valence-corrected chi connectivity index (χ0v) is 8.90. The number of likely N-dealkylation sites (tertiary alicyclic amines) is 1. The maximum absolute atomic E-state index is 5.78. The van der Waals surface area contributed by atoms with Crippen LogP contribution in [0, 0.1) is 5.92 Å². The Labute approximate surface area is 86.2 Å². The van der Waals surface area contributed by atoms with Gasteiger partial charge in [-0.3, -0.25) is 0 Å². The lowest BCUT2D eigenvalue weighted by atomic mass is 10.0. The van der Waals surface area contributed by atoms with Crippen LogP contribution in [0.15, 0.2) is 0 Å². The standard InChI is InChI=1S/C7H11ClN4S/c1-12-3-5(4-12)2-9-7-6(8)10-13-11-7/h5H,2-4H2,1H3,(H,9,11). The Morgan fingerprint density at radius 1 is 1.62 bits per heavy atom. The summed E-state index contributed by atoms with van der Waals surface area (Å²) in [4.78, 5) is 2.28. The number of aromatic nitrogens is 2. The van der Waals surface area contributed by atoms with E-state index in [1.807, 2.05) is 0 Å². The second kappa shape index (κ2) is 3.77. The van der Waals surface area contributed by atoms with Crippen LogP contribution in [-0.4, -0.2) is 40.3 Å². The summed E-state index contributed by atoms with van der Waals surface area (Å²) in [6.07, 6.45) is 0. The van der Waals surface area contributed by atoms with Gasteiger partial charge in [0.1, 0.15) is 0 Å². The minimum atomic E-state index is 0.484. The Balaban J connectivity index is 1.77. The van der Waals surface area contributed by atoms with Crippen molar-refractivity contribution < 1.29 is 0 Å². The summed E-state index contributed by atoms with van der Waals surface area (Å²) in [7, 11) is 2.12. The van der Waals surface area contributed by atoms with Crippen molar-refractivity contribution in [1.82, 2.24) is 13.6 Å². The number of hydrogen-bond donors (Lipinski definition) is 1. The van der Waals surface area contributed by atoms with Crippen molar-refractivity contribution in [2.75, 3.05) is 32.0 Å². The summed E-state index contributed by atoms with van der Waals surface area (Å²) in [6, 6.07) is 0. The molecule has 1 aliphatic rings. The number of nitrogens with zero attached hydrogens (tertiary/aromatic N) is 3. The van der Waals surface area contributed by atoms with E-state index in [1.54, 1.807) is 0 Å². The van der Waals surface area contributed by atoms with Crippen molar-refractivity contribution in [2.45, 2.75) is 0 Å². The molecule has 0 spiro atoms.